The molecule has 2 aromatic rings. The Kier molecular flexibility index (Phi) is 5.17. The maximum Gasteiger partial charge on any atom is 0.308 e. The van der Waals surface area contributed by atoms with Crippen LogP contribution in [0.5, 0.6) is 0 Å². The minimum Gasteiger partial charge on any atom is -0.481 e. The Bertz CT molecular complexity index is 717. The van der Waals surface area contributed by atoms with Crippen molar-refractivity contribution in [3.63, 3.8) is 0 Å². The Balaban J connectivity index is 2.30. The Morgan fingerprint density at radius 1 is 1.57 bits per heavy atom. The SMILES string of the molecule is Cc1nc(Sc2ccc(I)cc2[N+](=O)[O-])sc1CC(=O)O. The molecule has 0 saturated heterocycles. The van der Waals surface area contributed by atoms with Gasteiger partial charge in [0.05, 0.1) is 21.9 Å². The fraction of sp³-hybridized carbons (Fsp3) is 0.167. The first-order valence-corrected chi connectivity index (χ1v) is 8.38. The smallest absolute Gasteiger partial charge is 0.308 e. The van der Waals surface area contributed by atoms with Crippen LogP contribution in [0.2, 0.25) is 0 Å². The maximum absolute atomic E-state index is 11.1. The molecule has 1 aromatic heterocycles. The van der Waals surface area contributed by atoms with Crippen LogP contribution in [-0.4, -0.2) is 21.0 Å². The summed E-state index contributed by atoms with van der Waals surface area (Å²) in [5, 5.41) is 19.9. The fourth-order valence-electron chi connectivity index (χ4n) is 1.56. The Morgan fingerprint density at radius 2 is 2.29 bits per heavy atom. The van der Waals surface area contributed by atoms with Gasteiger partial charge >= 0.3 is 5.97 Å². The van der Waals surface area contributed by atoms with Gasteiger partial charge in [-0.1, -0.05) is 11.8 Å². The van der Waals surface area contributed by atoms with Gasteiger partial charge < -0.3 is 5.11 Å². The summed E-state index contributed by atoms with van der Waals surface area (Å²) in [5.74, 6) is -0.918. The minimum atomic E-state index is -0.918. The maximum atomic E-state index is 11.1. The number of thiazole rings is 1. The van der Waals surface area contributed by atoms with Gasteiger partial charge in [-0.2, -0.15) is 0 Å². The molecule has 0 amide bonds. The molecule has 0 fully saturated rings. The number of rotatable bonds is 5. The van der Waals surface area contributed by atoms with E-state index in [-0.39, 0.29) is 12.1 Å². The summed E-state index contributed by atoms with van der Waals surface area (Å²) >= 11 is 4.45. The van der Waals surface area contributed by atoms with E-state index in [0.29, 0.717) is 19.8 Å². The van der Waals surface area contributed by atoms with Crippen LogP contribution < -0.4 is 0 Å². The number of aliphatic carboxylic acids is 1. The van der Waals surface area contributed by atoms with Crippen molar-refractivity contribution in [1.29, 1.82) is 0 Å². The van der Waals surface area contributed by atoms with Gasteiger partial charge in [-0.15, -0.1) is 11.3 Å². The van der Waals surface area contributed by atoms with Crippen molar-refractivity contribution in [2.45, 2.75) is 22.6 Å². The van der Waals surface area contributed by atoms with Crippen LogP contribution in [0.15, 0.2) is 27.4 Å². The molecule has 1 N–H and O–H groups in total. The van der Waals surface area contributed by atoms with Gasteiger partial charge in [-0.25, -0.2) is 4.98 Å². The number of halogens is 1. The number of hydrogen-bond acceptors (Lipinski definition) is 6. The molecule has 0 spiro atoms. The zero-order chi connectivity index (χ0) is 15.6. The van der Waals surface area contributed by atoms with E-state index in [1.54, 1.807) is 19.1 Å². The monoisotopic (exact) mass is 436 g/mol. The van der Waals surface area contributed by atoms with Crippen LogP contribution in [-0.2, 0) is 11.2 Å². The van der Waals surface area contributed by atoms with E-state index in [1.807, 2.05) is 22.6 Å². The number of nitro groups is 1. The normalized spacial score (nSPS) is 10.6. The summed E-state index contributed by atoms with van der Waals surface area (Å²) in [6.45, 7) is 1.74. The molecule has 0 aliphatic heterocycles. The Labute approximate surface area is 141 Å². The average molecular weight is 436 g/mol. The fourth-order valence-corrected chi connectivity index (χ4v) is 4.30. The molecule has 9 heteroatoms. The number of aromatic nitrogens is 1. The van der Waals surface area contributed by atoms with E-state index in [4.69, 9.17) is 5.11 Å². The van der Waals surface area contributed by atoms with E-state index in [9.17, 15) is 14.9 Å². The highest BCUT2D eigenvalue weighted by Gasteiger charge is 2.18. The lowest BCUT2D eigenvalue weighted by molar-refractivity contribution is -0.387. The molecular formula is C12H9IN2O4S2. The zero-order valence-corrected chi connectivity index (χ0v) is 14.5. The van der Waals surface area contributed by atoms with Crippen LogP contribution >= 0.6 is 45.7 Å². The molecule has 0 aliphatic rings. The lowest BCUT2D eigenvalue weighted by Gasteiger charge is -2.00. The predicted molar refractivity (Wildman–Crippen MR) is 88.1 cm³/mol. The molecule has 6 nitrogen and oxygen atoms in total. The third kappa shape index (κ3) is 4.14. The Morgan fingerprint density at radius 3 is 2.90 bits per heavy atom. The molecule has 110 valence electrons. The van der Waals surface area contributed by atoms with E-state index in [1.165, 1.54) is 29.2 Å². The summed E-state index contributed by atoms with van der Waals surface area (Å²) in [6, 6.07) is 4.97. The van der Waals surface area contributed by atoms with Crippen molar-refractivity contribution in [3.8, 4) is 0 Å². The second-order valence-corrected chi connectivity index (χ2v) is 7.65. The molecule has 0 bridgehead atoms. The van der Waals surface area contributed by atoms with Gasteiger partial charge in [0, 0.05) is 14.5 Å². The van der Waals surface area contributed by atoms with Crippen LogP contribution in [0.1, 0.15) is 10.6 Å². The summed E-state index contributed by atoms with van der Waals surface area (Å²) in [7, 11) is 0. The Hall–Kier alpha value is -1.20. The molecule has 1 heterocycles. The van der Waals surface area contributed by atoms with Gasteiger partial charge in [-0.3, -0.25) is 14.9 Å². The highest BCUT2D eigenvalue weighted by molar-refractivity contribution is 14.1. The highest BCUT2D eigenvalue weighted by Crippen LogP contribution is 2.38. The molecule has 0 unspecified atom stereocenters. The number of carbonyl (C=O) groups is 1. The summed E-state index contributed by atoms with van der Waals surface area (Å²) < 4.78 is 1.39. The number of nitro benzene ring substituents is 1. The van der Waals surface area contributed by atoms with Gasteiger partial charge in [-0.05, 0) is 41.6 Å². The molecule has 21 heavy (non-hydrogen) atoms. The lowest BCUT2D eigenvalue weighted by atomic mass is 10.3. The average Bonchev–Trinajstić information content (AvgIpc) is 2.71. The van der Waals surface area contributed by atoms with E-state index in [2.05, 4.69) is 4.98 Å². The summed E-state index contributed by atoms with van der Waals surface area (Å²) in [4.78, 5) is 26.8. The number of carboxylic acids is 1. The number of nitrogens with zero attached hydrogens (tertiary/aromatic N) is 2. The second-order valence-electron chi connectivity index (χ2n) is 4.03. The van der Waals surface area contributed by atoms with Gasteiger partial charge in [0.2, 0.25) is 0 Å². The van der Waals surface area contributed by atoms with E-state index in [0.717, 1.165) is 3.57 Å². The minimum absolute atomic E-state index is 0.0273. The molecule has 1 aromatic carbocycles. The third-order valence-electron chi connectivity index (χ3n) is 2.50. The van der Waals surface area contributed by atoms with Gasteiger partial charge in [0.1, 0.15) is 0 Å². The number of benzene rings is 1. The molecular weight excluding hydrogens is 427 g/mol. The third-order valence-corrected chi connectivity index (χ3v) is 5.45. The van der Waals surface area contributed by atoms with Crippen molar-refractivity contribution in [2.24, 2.45) is 0 Å². The standard InChI is InChI=1S/C12H9IN2O4S2/c1-6-10(5-11(16)17)21-12(14-6)20-9-3-2-7(13)4-8(9)15(18)19/h2-4H,5H2,1H3,(H,16,17). The first-order chi connectivity index (χ1) is 9.86. The van der Waals surface area contributed by atoms with Crippen molar-refractivity contribution >= 4 is 57.3 Å². The van der Waals surface area contributed by atoms with Crippen LogP contribution in [0.25, 0.3) is 0 Å². The highest BCUT2D eigenvalue weighted by atomic mass is 127. The zero-order valence-electron chi connectivity index (χ0n) is 10.7. The number of aryl methyl sites for hydroxylation is 1. The first kappa shape index (κ1) is 16.2. The summed E-state index contributed by atoms with van der Waals surface area (Å²) in [5.41, 5.74) is 0.678. The van der Waals surface area contributed by atoms with E-state index < -0.39 is 10.9 Å². The van der Waals surface area contributed by atoms with Gasteiger partial charge in [0.15, 0.2) is 4.34 Å². The quantitative estimate of drug-likeness (QED) is 0.436. The molecule has 0 saturated carbocycles. The van der Waals surface area contributed by atoms with Crippen molar-refractivity contribution in [2.75, 3.05) is 0 Å². The van der Waals surface area contributed by atoms with Gasteiger partial charge in [0.25, 0.3) is 5.69 Å². The predicted octanol–water partition coefficient (Wildman–Crippen LogP) is 3.74. The lowest BCUT2D eigenvalue weighted by Crippen LogP contribution is -1.99. The van der Waals surface area contributed by atoms with E-state index >= 15 is 0 Å². The number of hydrogen-bond donors (Lipinski definition) is 1. The molecule has 0 atom stereocenters. The van der Waals surface area contributed by atoms with Crippen molar-refractivity contribution < 1.29 is 14.8 Å². The van der Waals surface area contributed by atoms with Crippen LogP contribution in [0, 0.1) is 20.6 Å². The van der Waals surface area contributed by atoms with Crippen molar-refractivity contribution in [3.05, 3.63) is 42.5 Å². The summed E-state index contributed by atoms with van der Waals surface area (Å²) in [6.07, 6.45) is -0.0845. The largest absolute Gasteiger partial charge is 0.481 e. The van der Waals surface area contributed by atoms with Crippen molar-refractivity contribution in [1.82, 2.24) is 4.98 Å². The first-order valence-electron chi connectivity index (χ1n) is 5.66. The molecule has 0 radical (unpaired) electrons. The van der Waals surface area contributed by atoms with Crippen LogP contribution in [0.3, 0.4) is 0 Å². The second kappa shape index (κ2) is 6.71. The topological polar surface area (TPSA) is 93.3 Å². The number of carboxylic acid groups (broad SMARTS) is 1. The van der Waals surface area contributed by atoms with Crippen LogP contribution in [0.4, 0.5) is 5.69 Å². The molecule has 2 rings (SSSR count). The molecule has 0 aliphatic carbocycles.